The van der Waals surface area contributed by atoms with Gasteiger partial charge in [-0.3, -0.25) is 13.9 Å². The van der Waals surface area contributed by atoms with E-state index >= 15 is 0 Å². The van der Waals surface area contributed by atoms with Crippen LogP contribution in [0.25, 0.3) is 11.2 Å². The van der Waals surface area contributed by atoms with Gasteiger partial charge in [0, 0.05) is 5.02 Å². The molecule has 1 aliphatic heterocycles. The first-order valence-electron chi connectivity index (χ1n) is 13.0. The van der Waals surface area contributed by atoms with E-state index in [1.807, 2.05) is 0 Å². The fourth-order valence-corrected chi connectivity index (χ4v) is 5.92. The Morgan fingerprint density at radius 1 is 1.33 bits per heavy atom. The Bertz CT molecular complexity index is 1520. The normalized spacial score (nSPS) is 24.1. The molecule has 0 aliphatic carbocycles. The zero-order valence-electron chi connectivity index (χ0n) is 23.3. The van der Waals surface area contributed by atoms with Crippen LogP contribution in [0.5, 0.6) is 11.6 Å². The van der Waals surface area contributed by atoms with Crippen molar-refractivity contribution in [1.82, 2.24) is 24.6 Å². The second-order valence-corrected chi connectivity index (χ2v) is 11.6. The van der Waals surface area contributed by atoms with Crippen LogP contribution in [0.3, 0.4) is 0 Å². The third-order valence-corrected chi connectivity index (χ3v) is 8.30. The van der Waals surface area contributed by atoms with Crippen molar-refractivity contribution in [3.8, 4) is 17.7 Å². The highest BCUT2D eigenvalue weighted by Crippen LogP contribution is 2.49. The van der Waals surface area contributed by atoms with Gasteiger partial charge >= 0.3 is 13.7 Å². The van der Waals surface area contributed by atoms with Crippen LogP contribution in [0.1, 0.15) is 33.9 Å². The molecule has 0 spiro atoms. The number of nitrogen functional groups attached to an aromatic ring is 1. The van der Waals surface area contributed by atoms with Crippen LogP contribution in [-0.4, -0.2) is 68.7 Å². The number of carbonyl (C=O) groups is 1. The van der Waals surface area contributed by atoms with E-state index in [9.17, 15) is 19.7 Å². The van der Waals surface area contributed by atoms with Gasteiger partial charge in [0.05, 0.1) is 32.2 Å². The number of aliphatic hydroxyl groups excluding tert-OH is 1. The Morgan fingerprint density at radius 3 is 2.69 bits per heavy atom. The van der Waals surface area contributed by atoms with Crippen molar-refractivity contribution in [2.45, 2.75) is 52.2 Å². The SMILES string of the molecule is CCOC(=O)[C@H](C)NP(=O)(OC[C@H]1O[C@@H](n2cnc3c(OCC)nc(N)nc32)[C@](C)(C#N)[C@@H]1O)Oc1ccc(Cl)cc1. The van der Waals surface area contributed by atoms with Gasteiger partial charge in [-0.05, 0) is 52.0 Å². The summed E-state index contributed by atoms with van der Waals surface area (Å²) in [6.07, 6.45) is -2.36. The summed E-state index contributed by atoms with van der Waals surface area (Å²) >= 11 is 5.94. The molecule has 1 fully saturated rings. The minimum absolute atomic E-state index is 0.0909. The molecule has 4 N–H and O–H groups in total. The van der Waals surface area contributed by atoms with E-state index in [0.29, 0.717) is 11.6 Å². The number of imidazole rings is 1. The number of hydrogen-bond donors (Lipinski definition) is 3. The van der Waals surface area contributed by atoms with Gasteiger partial charge in [-0.15, -0.1) is 0 Å². The summed E-state index contributed by atoms with van der Waals surface area (Å²) in [5, 5.41) is 24.3. The third kappa shape index (κ3) is 6.44. The summed E-state index contributed by atoms with van der Waals surface area (Å²) in [6.45, 7) is 6.23. The Labute approximate surface area is 246 Å². The van der Waals surface area contributed by atoms with Crippen LogP contribution in [0.4, 0.5) is 5.95 Å². The lowest BCUT2D eigenvalue weighted by Gasteiger charge is -2.26. The van der Waals surface area contributed by atoms with E-state index in [-0.39, 0.29) is 35.3 Å². The fraction of sp³-hybridized carbons (Fsp3) is 0.480. The first kappa shape index (κ1) is 31.4. The highest BCUT2D eigenvalue weighted by Gasteiger charge is 2.56. The number of nitrogens with one attached hydrogen (secondary N) is 1. The first-order chi connectivity index (χ1) is 19.9. The van der Waals surface area contributed by atoms with E-state index in [1.54, 1.807) is 13.8 Å². The van der Waals surface area contributed by atoms with E-state index in [0.717, 1.165) is 0 Å². The first-order valence-corrected chi connectivity index (χ1v) is 14.9. The number of carbonyl (C=O) groups excluding carboxylic acids is 1. The van der Waals surface area contributed by atoms with E-state index < -0.39 is 50.2 Å². The molecular weight excluding hydrogens is 593 g/mol. The Balaban J connectivity index is 1.61. The van der Waals surface area contributed by atoms with Gasteiger partial charge in [-0.1, -0.05) is 11.6 Å². The number of nitrogens with zero attached hydrogens (tertiary/aromatic N) is 5. The van der Waals surface area contributed by atoms with Gasteiger partial charge in [0.1, 0.15) is 29.4 Å². The van der Waals surface area contributed by atoms with Gasteiger partial charge in [0.25, 0.3) is 0 Å². The number of rotatable bonds is 12. The maximum Gasteiger partial charge on any atom is 0.459 e. The van der Waals surface area contributed by atoms with Gasteiger partial charge in [0.2, 0.25) is 11.8 Å². The second-order valence-electron chi connectivity index (χ2n) is 9.45. The maximum absolute atomic E-state index is 13.8. The van der Waals surface area contributed by atoms with Crippen LogP contribution in [0.15, 0.2) is 30.6 Å². The number of halogens is 1. The van der Waals surface area contributed by atoms with Crippen molar-refractivity contribution >= 4 is 42.4 Å². The standard InChI is InChI=1S/C25H31ClN7O8P/c1-5-37-21-18-20(30-24(28)31-21)33(13-29-18)23-25(4,12-27)19(34)17(40-23)11-39-42(36,32-14(3)22(35)38-6-2)41-16-9-7-15(26)8-10-16/h7-10,13-14,17,19,23,34H,5-6,11H2,1-4H3,(H,32,36)(H2,28,30,31)/t14-,17+,19+,23+,25+,42?/m0/s1. The molecule has 4 rings (SSSR count). The average Bonchev–Trinajstić information content (AvgIpc) is 3.47. The van der Waals surface area contributed by atoms with Crippen LogP contribution in [0, 0.1) is 16.7 Å². The molecule has 0 saturated carbocycles. The number of nitriles is 1. The summed E-state index contributed by atoms with van der Waals surface area (Å²) in [7, 11) is -4.30. The molecular formula is C25H31ClN7O8P. The van der Waals surface area contributed by atoms with Crippen LogP contribution < -0.4 is 20.1 Å². The maximum atomic E-state index is 13.8. The lowest BCUT2D eigenvalue weighted by Crippen LogP contribution is -2.39. The lowest BCUT2D eigenvalue weighted by atomic mass is 9.84. The van der Waals surface area contributed by atoms with Crippen molar-refractivity contribution in [2.75, 3.05) is 25.6 Å². The Morgan fingerprint density at radius 2 is 2.05 bits per heavy atom. The molecule has 1 unspecified atom stereocenters. The minimum Gasteiger partial charge on any atom is -0.476 e. The van der Waals surface area contributed by atoms with Gasteiger partial charge in [0.15, 0.2) is 17.4 Å². The predicted octanol–water partition coefficient (Wildman–Crippen LogP) is 2.99. The van der Waals surface area contributed by atoms with Gasteiger partial charge < -0.3 is 29.6 Å². The molecule has 17 heteroatoms. The quantitative estimate of drug-likeness (QED) is 0.196. The minimum atomic E-state index is -4.30. The highest BCUT2D eigenvalue weighted by atomic mass is 35.5. The highest BCUT2D eigenvalue weighted by molar-refractivity contribution is 7.52. The number of nitrogens with two attached hydrogens (primary N) is 1. The number of ether oxygens (including phenoxy) is 3. The molecule has 3 aromatic rings. The summed E-state index contributed by atoms with van der Waals surface area (Å²) in [5.74, 6) is -0.494. The topological polar surface area (TPSA) is 206 Å². The molecule has 226 valence electrons. The van der Waals surface area contributed by atoms with E-state index in [2.05, 4.69) is 26.1 Å². The monoisotopic (exact) mass is 623 g/mol. The number of fused-ring (bicyclic) bond motifs is 1. The molecule has 0 radical (unpaired) electrons. The molecule has 42 heavy (non-hydrogen) atoms. The van der Waals surface area contributed by atoms with Crippen molar-refractivity contribution in [3.63, 3.8) is 0 Å². The molecule has 1 saturated heterocycles. The molecule has 1 aliphatic rings. The Hall–Kier alpha value is -3.51. The largest absolute Gasteiger partial charge is 0.476 e. The molecule has 15 nitrogen and oxygen atoms in total. The number of aromatic nitrogens is 4. The molecule has 1 aromatic carbocycles. The van der Waals surface area contributed by atoms with Crippen molar-refractivity contribution in [1.29, 1.82) is 5.26 Å². The molecule has 6 atom stereocenters. The van der Waals surface area contributed by atoms with Crippen LogP contribution in [0.2, 0.25) is 5.02 Å². The summed E-state index contributed by atoms with van der Waals surface area (Å²) < 4.78 is 43.2. The average molecular weight is 624 g/mol. The molecule has 0 amide bonds. The van der Waals surface area contributed by atoms with E-state index in [4.69, 9.17) is 40.6 Å². The smallest absolute Gasteiger partial charge is 0.459 e. The summed E-state index contributed by atoms with van der Waals surface area (Å²) in [4.78, 5) is 24.8. The number of aliphatic hydroxyl groups is 1. The predicted molar refractivity (Wildman–Crippen MR) is 149 cm³/mol. The van der Waals surface area contributed by atoms with Crippen LogP contribution in [-0.2, 0) is 23.4 Å². The number of esters is 1. The third-order valence-electron chi connectivity index (χ3n) is 6.40. The molecule has 0 bridgehead atoms. The fourth-order valence-electron chi connectivity index (χ4n) is 4.29. The zero-order valence-corrected chi connectivity index (χ0v) is 24.9. The summed E-state index contributed by atoms with van der Waals surface area (Å²) in [6, 6.07) is 6.99. The number of hydrogen-bond acceptors (Lipinski definition) is 13. The van der Waals surface area contributed by atoms with Crippen molar-refractivity contribution in [3.05, 3.63) is 35.6 Å². The van der Waals surface area contributed by atoms with Gasteiger partial charge in [-0.2, -0.15) is 20.3 Å². The Kier molecular flexibility index (Phi) is 9.56. The lowest BCUT2D eigenvalue weighted by molar-refractivity contribution is -0.144. The van der Waals surface area contributed by atoms with E-state index in [1.165, 1.54) is 49.0 Å². The second kappa shape index (κ2) is 12.8. The summed E-state index contributed by atoms with van der Waals surface area (Å²) in [5.41, 5.74) is 4.83. The van der Waals surface area contributed by atoms with Crippen molar-refractivity contribution in [2.24, 2.45) is 5.41 Å². The molecule has 2 aromatic heterocycles. The van der Waals surface area contributed by atoms with Gasteiger partial charge in [-0.25, -0.2) is 9.55 Å². The number of anilines is 1. The zero-order chi connectivity index (χ0) is 30.7. The van der Waals surface area contributed by atoms with Crippen LogP contribution >= 0.6 is 19.3 Å². The molecule has 3 heterocycles. The number of benzene rings is 1. The van der Waals surface area contributed by atoms with Crippen molar-refractivity contribution < 1.29 is 37.7 Å².